The summed E-state index contributed by atoms with van der Waals surface area (Å²) in [6, 6.07) is 0. The predicted molar refractivity (Wildman–Crippen MR) is 176 cm³/mol. The number of allylic oxidation sites excluding steroid dienone is 2. The fourth-order valence-electron chi connectivity index (χ4n) is 4.23. The summed E-state index contributed by atoms with van der Waals surface area (Å²) in [6.07, 6.45) is 4.51. The second kappa shape index (κ2) is 19.4. The fraction of sp³-hybridized carbons (Fsp3) is 0.556. The zero-order valence-corrected chi connectivity index (χ0v) is 29.1. The molecule has 0 saturated carbocycles. The van der Waals surface area contributed by atoms with Crippen molar-refractivity contribution in [3.63, 3.8) is 0 Å². The van der Waals surface area contributed by atoms with Crippen molar-refractivity contribution in [2.75, 3.05) is 39.6 Å². The van der Waals surface area contributed by atoms with Gasteiger partial charge in [-0.25, -0.2) is 19.2 Å². The molecule has 1 aliphatic rings. The van der Waals surface area contributed by atoms with Gasteiger partial charge < -0.3 is 28.4 Å². The highest BCUT2D eigenvalue weighted by molar-refractivity contribution is 5.88. The third-order valence-electron chi connectivity index (χ3n) is 8.01. The topological polar surface area (TPSA) is 158 Å². The minimum absolute atomic E-state index is 0.168. The second-order valence-corrected chi connectivity index (χ2v) is 12.5. The van der Waals surface area contributed by atoms with E-state index in [1.165, 1.54) is 27.7 Å². The van der Waals surface area contributed by atoms with Gasteiger partial charge in [-0.05, 0) is 53.4 Å². The van der Waals surface area contributed by atoms with Gasteiger partial charge in [0.15, 0.2) is 0 Å². The first-order chi connectivity index (χ1) is 22.4. The second-order valence-electron chi connectivity index (χ2n) is 12.5. The molecule has 0 radical (unpaired) electrons. The van der Waals surface area contributed by atoms with Crippen molar-refractivity contribution in [2.24, 2.45) is 22.7 Å². The van der Waals surface area contributed by atoms with Crippen molar-refractivity contribution in [3.05, 3.63) is 60.8 Å². The molecule has 0 aromatic carbocycles. The number of hydrogen-bond donors (Lipinski definition) is 0. The van der Waals surface area contributed by atoms with Crippen LogP contribution in [0.4, 0.5) is 0 Å². The zero-order chi connectivity index (χ0) is 36.7. The van der Waals surface area contributed by atoms with Crippen molar-refractivity contribution in [3.8, 4) is 0 Å². The summed E-state index contributed by atoms with van der Waals surface area (Å²) >= 11 is 0. The van der Waals surface area contributed by atoms with E-state index in [0.29, 0.717) is 12.8 Å². The van der Waals surface area contributed by atoms with Gasteiger partial charge in [0.2, 0.25) is 0 Å². The van der Waals surface area contributed by atoms with Crippen LogP contribution in [0, 0.1) is 22.7 Å². The van der Waals surface area contributed by atoms with E-state index in [2.05, 4.69) is 26.3 Å². The van der Waals surface area contributed by atoms with E-state index in [-0.39, 0.29) is 74.8 Å². The number of carbonyl (C=O) groups is 6. The van der Waals surface area contributed by atoms with Crippen molar-refractivity contribution in [2.45, 2.75) is 67.2 Å². The number of rotatable bonds is 20. The molecule has 0 amide bonds. The van der Waals surface area contributed by atoms with Crippen LogP contribution >= 0.6 is 0 Å². The van der Waals surface area contributed by atoms with Crippen LogP contribution in [0.2, 0.25) is 0 Å². The van der Waals surface area contributed by atoms with Crippen LogP contribution in [0.15, 0.2) is 60.8 Å². The van der Waals surface area contributed by atoms with E-state index < -0.39 is 58.5 Å². The van der Waals surface area contributed by atoms with Crippen molar-refractivity contribution >= 4 is 35.8 Å². The fourth-order valence-corrected chi connectivity index (χ4v) is 4.23. The van der Waals surface area contributed by atoms with Gasteiger partial charge in [-0.1, -0.05) is 52.3 Å². The molecular weight excluding hydrogens is 624 g/mol. The largest absolute Gasteiger partial charge is 0.465 e. The normalized spacial score (nSPS) is 15.7. The van der Waals surface area contributed by atoms with Gasteiger partial charge >= 0.3 is 35.8 Å². The minimum Gasteiger partial charge on any atom is -0.465 e. The van der Waals surface area contributed by atoms with Crippen LogP contribution in [-0.4, -0.2) is 75.5 Å². The highest BCUT2D eigenvalue weighted by Crippen LogP contribution is 2.32. The third-order valence-corrected chi connectivity index (χ3v) is 8.01. The summed E-state index contributed by atoms with van der Waals surface area (Å²) in [7, 11) is 0. The Kier molecular flexibility index (Phi) is 16.8. The van der Waals surface area contributed by atoms with Gasteiger partial charge in [-0.15, -0.1) is 0 Å². The Morgan fingerprint density at radius 1 is 0.500 bits per heavy atom. The third kappa shape index (κ3) is 13.0. The monoisotopic (exact) mass is 674 g/mol. The first-order valence-corrected chi connectivity index (χ1v) is 15.7. The lowest BCUT2D eigenvalue weighted by atomic mass is 9.82. The molecule has 12 nitrogen and oxygen atoms in total. The Bertz CT molecular complexity index is 1150. The van der Waals surface area contributed by atoms with Crippen molar-refractivity contribution in [1.29, 1.82) is 0 Å². The van der Waals surface area contributed by atoms with Gasteiger partial charge in [0, 0.05) is 22.3 Å². The molecule has 0 aromatic heterocycles. The number of hydrogen-bond acceptors (Lipinski definition) is 12. The van der Waals surface area contributed by atoms with Crippen LogP contribution < -0.4 is 0 Å². The molecule has 0 heterocycles. The van der Waals surface area contributed by atoms with E-state index in [4.69, 9.17) is 28.4 Å². The molecule has 1 rings (SSSR count). The van der Waals surface area contributed by atoms with Gasteiger partial charge in [0.1, 0.15) is 39.6 Å². The van der Waals surface area contributed by atoms with Crippen LogP contribution in [0.3, 0.4) is 0 Å². The summed E-state index contributed by atoms with van der Waals surface area (Å²) < 4.78 is 32.8. The number of carbonyl (C=O) groups excluding carboxylic acids is 6. The average Bonchev–Trinajstić information content (AvgIpc) is 3.06. The number of ether oxygens (including phenoxy) is 6. The van der Waals surface area contributed by atoms with Gasteiger partial charge in [-0.2, -0.15) is 0 Å². The van der Waals surface area contributed by atoms with Gasteiger partial charge in [0.05, 0.1) is 22.7 Å². The molecule has 12 heteroatoms. The lowest BCUT2D eigenvalue weighted by molar-refractivity contribution is -0.172. The summed E-state index contributed by atoms with van der Waals surface area (Å²) in [5.41, 5.74) is -1.50. The maximum absolute atomic E-state index is 13.5. The van der Waals surface area contributed by atoms with E-state index in [1.54, 1.807) is 26.0 Å². The van der Waals surface area contributed by atoms with E-state index in [0.717, 1.165) is 0 Å². The lowest BCUT2D eigenvalue weighted by Crippen LogP contribution is -2.42. The van der Waals surface area contributed by atoms with Crippen molar-refractivity contribution < 1.29 is 57.2 Å². The minimum atomic E-state index is -1.09. The first-order valence-electron chi connectivity index (χ1n) is 15.7. The summed E-state index contributed by atoms with van der Waals surface area (Å²) in [5, 5.41) is 0. The summed E-state index contributed by atoms with van der Waals surface area (Å²) in [5.74, 6) is -5.82. The maximum atomic E-state index is 13.5. The Hall–Kier alpha value is -4.48. The molecule has 0 aromatic rings. The molecular formula is C36H50O12. The first kappa shape index (κ1) is 41.5. The highest BCUT2D eigenvalue weighted by atomic mass is 16.6. The molecule has 48 heavy (non-hydrogen) atoms. The van der Waals surface area contributed by atoms with Crippen LogP contribution in [-0.2, 0) is 57.2 Å². The van der Waals surface area contributed by atoms with Crippen LogP contribution in [0.5, 0.6) is 0 Å². The molecule has 0 fully saturated rings. The lowest BCUT2D eigenvalue weighted by Gasteiger charge is -2.33. The molecule has 0 bridgehead atoms. The molecule has 2 unspecified atom stereocenters. The standard InChI is InChI=1S/C36H50O12/c1-11-35(17-43-29(37)23(3)4,18-44-30(38)24(5)6)21-47-33(41)27-15-13-14-16-28(27)34(42)48-22-36(12-2,19-45-31(39)25(7)8)20-46-32(40)26(9)10/h13-14,27-28H,3,5,7,9,11-12,15-22H2,1-2,4,6,8,10H3. The smallest absolute Gasteiger partial charge is 0.333 e. The number of esters is 6. The average molecular weight is 675 g/mol. The molecule has 1 aliphatic carbocycles. The SMILES string of the molecule is C=C(C)C(=O)OCC(CC)(COC(=O)C(=C)C)COC(=O)C1CC=CCC1C(=O)OCC(CC)(COC(=O)C(=C)C)COC(=O)C(=C)C. The summed E-state index contributed by atoms with van der Waals surface area (Å²) in [4.78, 5) is 75.5. The van der Waals surface area contributed by atoms with E-state index >= 15 is 0 Å². The molecule has 2 atom stereocenters. The van der Waals surface area contributed by atoms with Crippen LogP contribution in [0.1, 0.15) is 67.2 Å². The van der Waals surface area contributed by atoms with E-state index in [9.17, 15) is 28.8 Å². The molecule has 0 saturated heterocycles. The quantitative estimate of drug-likeness (QED) is 0.0744. The van der Waals surface area contributed by atoms with Crippen LogP contribution in [0.25, 0.3) is 0 Å². The summed E-state index contributed by atoms with van der Waals surface area (Å²) in [6.45, 7) is 22.3. The molecule has 0 N–H and O–H groups in total. The Balaban J connectivity index is 3.14. The zero-order valence-electron chi connectivity index (χ0n) is 29.1. The Morgan fingerprint density at radius 2 is 0.729 bits per heavy atom. The molecule has 0 spiro atoms. The maximum Gasteiger partial charge on any atom is 0.333 e. The molecule has 266 valence electrons. The predicted octanol–water partition coefficient (Wildman–Crippen LogP) is 4.93. The molecule has 0 aliphatic heterocycles. The van der Waals surface area contributed by atoms with Gasteiger partial charge in [0.25, 0.3) is 0 Å². The Labute approximate surface area is 283 Å². The van der Waals surface area contributed by atoms with E-state index in [1.807, 2.05) is 0 Å². The Morgan fingerprint density at radius 3 is 0.938 bits per heavy atom. The van der Waals surface area contributed by atoms with Crippen molar-refractivity contribution in [1.82, 2.24) is 0 Å². The van der Waals surface area contributed by atoms with Gasteiger partial charge in [-0.3, -0.25) is 9.59 Å². The highest BCUT2D eigenvalue weighted by Gasteiger charge is 2.41.